The summed E-state index contributed by atoms with van der Waals surface area (Å²) in [6.07, 6.45) is 0. The van der Waals surface area contributed by atoms with Gasteiger partial charge in [-0.2, -0.15) is 0 Å². The first-order valence-corrected chi connectivity index (χ1v) is 7.00. The summed E-state index contributed by atoms with van der Waals surface area (Å²) in [6, 6.07) is 1.98. The lowest BCUT2D eigenvalue weighted by molar-refractivity contribution is 0.586. The van der Waals surface area contributed by atoms with E-state index in [9.17, 15) is 16.8 Å². The number of hydrogen-bond donors (Lipinski definition) is 1. The van der Waals surface area contributed by atoms with E-state index in [-0.39, 0.29) is 11.4 Å². The molecule has 0 unspecified atom stereocenters. The molecule has 0 amide bonds. The molecule has 0 saturated heterocycles. The summed E-state index contributed by atoms with van der Waals surface area (Å²) in [4.78, 5) is 4.80. The lowest BCUT2D eigenvalue weighted by Crippen LogP contribution is -2.21. The van der Waals surface area contributed by atoms with Gasteiger partial charge in [0, 0.05) is 0 Å². The number of sulfonamides is 2. The van der Waals surface area contributed by atoms with Crippen molar-refractivity contribution in [2.45, 2.75) is 9.79 Å². The lowest BCUT2D eigenvalue weighted by Gasteiger charge is -1.99. The van der Waals surface area contributed by atoms with E-state index >= 15 is 0 Å². The van der Waals surface area contributed by atoms with Crippen LogP contribution in [-0.4, -0.2) is 16.8 Å². The summed E-state index contributed by atoms with van der Waals surface area (Å²) in [5.74, 6) is 0. The van der Waals surface area contributed by atoms with Crippen LogP contribution in [0.1, 0.15) is 0 Å². The molecule has 0 radical (unpaired) electrons. The molecule has 1 N–H and O–H groups in total. The SMILES string of the molecule is [C-]#[N+]c1cc([N+]#[C-])c2c(c1)S(=O)(=O)NS2(=O)=O. The molecule has 1 aromatic rings. The van der Waals surface area contributed by atoms with Gasteiger partial charge in [-0.15, -0.1) is 4.13 Å². The van der Waals surface area contributed by atoms with Gasteiger partial charge < -0.3 is 0 Å². The highest BCUT2D eigenvalue weighted by Gasteiger charge is 2.40. The number of hydrogen-bond acceptors (Lipinski definition) is 4. The number of benzene rings is 1. The molecule has 0 atom stereocenters. The molecule has 1 aromatic carbocycles. The van der Waals surface area contributed by atoms with Crippen LogP contribution in [-0.2, 0) is 20.0 Å². The van der Waals surface area contributed by atoms with Gasteiger partial charge in [-0.05, 0) is 6.07 Å². The zero-order chi connectivity index (χ0) is 12.8. The molecular weight excluding hydrogens is 266 g/mol. The Morgan fingerprint density at radius 2 is 1.65 bits per heavy atom. The molecule has 0 aromatic heterocycles. The molecule has 9 heteroatoms. The second-order valence-electron chi connectivity index (χ2n) is 3.11. The average molecular weight is 269 g/mol. The zero-order valence-corrected chi connectivity index (χ0v) is 9.63. The maximum absolute atomic E-state index is 11.5. The molecular formula is C8H3N3O4S2. The van der Waals surface area contributed by atoms with Gasteiger partial charge in [0.2, 0.25) is 10.0 Å². The second-order valence-corrected chi connectivity index (χ2v) is 6.63. The van der Waals surface area contributed by atoms with Crippen LogP contribution in [0.4, 0.5) is 11.4 Å². The van der Waals surface area contributed by atoms with E-state index in [1.807, 2.05) is 0 Å². The van der Waals surface area contributed by atoms with Crippen molar-refractivity contribution in [1.82, 2.24) is 4.13 Å². The minimum absolute atomic E-state index is 0.0998. The van der Waals surface area contributed by atoms with Crippen molar-refractivity contribution in [3.63, 3.8) is 0 Å². The van der Waals surface area contributed by atoms with Crippen molar-refractivity contribution >= 4 is 31.4 Å². The van der Waals surface area contributed by atoms with Crippen molar-refractivity contribution in [3.8, 4) is 0 Å². The molecule has 0 aliphatic carbocycles. The van der Waals surface area contributed by atoms with Gasteiger partial charge in [0.05, 0.1) is 18.0 Å². The highest BCUT2D eigenvalue weighted by Crippen LogP contribution is 2.39. The standard InChI is InChI=1S/C8H3N3O4S2/c1-9-5-3-6(10-2)8-7(4-5)16(12,13)11-17(8,14)15/h3-4,11H. The van der Waals surface area contributed by atoms with E-state index in [0.29, 0.717) is 0 Å². The number of rotatable bonds is 0. The van der Waals surface area contributed by atoms with Gasteiger partial charge in [-0.1, -0.05) is 6.07 Å². The molecule has 0 fully saturated rings. The Kier molecular flexibility index (Phi) is 2.22. The Morgan fingerprint density at radius 1 is 1.00 bits per heavy atom. The molecule has 2 rings (SSSR count). The smallest absolute Gasteiger partial charge is 0.239 e. The van der Waals surface area contributed by atoms with Gasteiger partial charge in [-0.25, -0.2) is 26.5 Å². The summed E-state index contributed by atoms with van der Waals surface area (Å²) in [5.41, 5.74) is -0.473. The van der Waals surface area contributed by atoms with Crippen molar-refractivity contribution in [3.05, 3.63) is 35.0 Å². The van der Waals surface area contributed by atoms with Crippen LogP contribution in [0.15, 0.2) is 21.9 Å². The first-order chi connectivity index (χ1) is 7.81. The Hall–Kier alpha value is -1.94. The van der Waals surface area contributed by atoms with E-state index in [4.69, 9.17) is 13.1 Å². The summed E-state index contributed by atoms with van der Waals surface area (Å²) in [7, 11) is -8.44. The summed E-state index contributed by atoms with van der Waals surface area (Å²) in [6.45, 7) is 13.6. The van der Waals surface area contributed by atoms with Crippen LogP contribution in [0.5, 0.6) is 0 Å². The van der Waals surface area contributed by atoms with Crippen LogP contribution in [0, 0.1) is 13.1 Å². The largest absolute Gasteiger partial charge is 0.252 e. The van der Waals surface area contributed by atoms with E-state index in [2.05, 4.69) is 9.69 Å². The third kappa shape index (κ3) is 1.57. The molecule has 1 aliphatic rings. The lowest BCUT2D eigenvalue weighted by atomic mass is 10.3. The van der Waals surface area contributed by atoms with Crippen LogP contribution >= 0.6 is 0 Å². The fraction of sp³-hybridized carbons (Fsp3) is 0. The fourth-order valence-corrected chi connectivity index (χ4v) is 5.26. The summed E-state index contributed by atoms with van der Waals surface area (Å²) < 4.78 is 47.6. The van der Waals surface area contributed by atoms with Crippen molar-refractivity contribution < 1.29 is 16.8 Å². The van der Waals surface area contributed by atoms with Gasteiger partial charge in [0.1, 0.15) is 4.90 Å². The molecule has 0 bridgehead atoms. The topological polar surface area (TPSA) is 89.0 Å². The van der Waals surface area contributed by atoms with Crippen LogP contribution in [0.25, 0.3) is 9.69 Å². The van der Waals surface area contributed by atoms with Crippen LogP contribution < -0.4 is 4.13 Å². The first kappa shape index (κ1) is 11.5. The highest BCUT2D eigenvalue weighted by molar-refractivity contribution is 8.07. The third-order valence-electron chi connectivity index (χ3n) is 2.05. The van der Waals surface area contributed by atoms with Crippen molar-refractivity contribution in [2.75, 3.05) is 0 Å². The van der Waals surface area contributed by atoms with E-state index in [1.54, 1.807) is 0 Å². The van der Waals surface area contributed by atoms with Crippen molar-refractivity contribution in [1.29, 1.82) is 0 Å². The minimum atomic E-state index is -4.24. The molecule has 86 valence electrons. The van der Waals surface area contributed by atoms with Crippen molar-refractivity contribution in [2.24, 2.45) is 0 Å². The Labute approximate surface area is 97.4 Å². The second kappa shape index (κ2) is 3.28. The Morgan fingerprint density at radius 3 is 2.18 bits per heavy atom. The molecule has 7 nitrogen and oxygen atoms in total. The summed E-state index contributed by atoms with van der Waals surface area (Å²) in [5, 5.41) is 0. The predicted octanol–water partition coefficient (Wildman–Crippen LogP) is 0.769. The maximum Gasteiger partial charge on any atom is 0.252 e. The first-order valence-electron chi connectivity index (χ1n) is 4.03. The van der Waals surface area contributed by atoms with Crippen LogP contribution in [0.3, 0.4) is 0 Å². The van der Waals surface area contributed by atoms with Crippen LogP contribution in [0.2, 0.25) is 0 Å². The van der Waals surface area contributed by atoms with E-state index in [0.717, 1.165) is 12.1 Å². The Balaban J connectivity index is 3.05. The Bertz CT molecular complexity index is 810. The fourth-order valence-electron chi connectivity index (χ4n) is 1.42. The summed E-state index contributed by atoms with van der Waals surface area (Å²) >= 11 is 0. The number of fused-ring (bicyclic) bond motifs is 1. The normalized spacial score (nSPS) is 18.9. The molecule has 17 heavy (non-hydrogen) atoms. The predicted molar refractivity (Wildman–Crippen MR) is 56.5 cm³/mol. The van der Waals surface area contributed by atoms with E-state index in [1.165, 1.54) is 4.13 Å². The minimum Gasteiger partial charge on any atom is -0.239 e. The van der Waals surface area contributed by atoms with Gasteiger partial charge >= 0.3 is 0 Å². The number of nitrogens with zero attached hydrogens (tertiary/aromatic N) is 2. The quantitative estimate of drug-likeness (QED) is 0.704. The van der Waals surface area contributed by atoms with Gasteiger partial charge in [0.25, 0.3) is 10.0 Å². The van der Waals surface area contributed by atoms with E-state index < -0.39 is 29.8 Å². The third-order valence-corrected chi connectivity index (χ3v) is 5.80. The molecule has 0 spiro atoms. The molecule has 1 heterocycles. The zero-order valence-electron chi connectivity index (χ0n) is 8.00. The molecule has 1 aliphatic heterocycles. The maximum atomic E-state index is 11.5. The molecule has 0 saturated carbocycles. The van der Waals surface area contributed by atoms with Gasteiger partial charge in [-0.3, -0.25) is 0 Å². The highest BCUT2D eigenvalue weighted by atomic mass is 32.3. The number of nitrogens with one attached hydrogen (secondary N) is 1. The monoisotopic (exact) mass is 269 g/mol. The average Bonchev–Trinajstić information content (AvgIpc) is 2.43. The van der Waals surface area contributed by atoms with Gasteiger partial charge in [0.15, 0.2) is 11.4 Å².